The molecule has 0 aliphatic carbocycles. The molecular weight excluding hydrogens is 306 g/mol. The monoisotopic (exact) mass is 321 g/mol. The number of nitrogens with two attached hydrogens (primary N) is 1. The molecule has 0 bridgehead atoms. The second-order valence-corrected chi connectivity index (χ2v) is 5.27. The fourth-order valence-corrected chi connectivity index (χ4v) is 2.19. The number of anilines is 4. The highest BCUT2D eigenvalue weighted by Gasteiger charge is 2.05. The smallest absolute Gasteiger partial charge is 0.230 e. The molecule has 2 aromatic rings. The molecule has 1 heterocycles. The van der Waals surface area contributed by atoms with Gasteiger partial charge in [-0.2, -0.15) is 4.98 Å². The molecule has 100 valence electrons. The van der Waals surface area contributed by atoms with E-state index in [1.807, 2.05) is 20.2 Å². The van der Waals surface area contributed by atoms with Gasteiger partial charge in [-0.1, -0.05) is 6.07 Å². The van der Waals surface area contributed by atoms with Gasteiger partial charge in [0.1, 0.15) is 10.4 Å². The Morgan fingerprint density at radius 3 is 2.58 bits per heavy atom. The van der Waals surface area contributed by atoms with Gasteiger partial charge >= 0.3 is 0 Å². The van der Waals surface area contributed by atoms with E-state index in [1.54, 1.807) is 6.07 Å². The molecule has 0 aliphatic rings. The van der Waals surface area contributed by atoms with Crippen LogP contribution in [-0.2, 0) is 0 Å². The summed E-state index contributed by atoms with van der Waals surface area (Å²) in [5, 5.41) is 3.15. The number of benzene rings is 1. The summed E-state index contributed by atoms with van der Waals surface area (Å²) in [5.41, 5.74) is 8.97. The summed E-state index contributed by atoms with van der Waals surface area (Å²) in [7, 11) is 4.03. The van der Waals surface area contributed by atoms with E-state index in [2.05, 4.69) is 55.2 Å². The van der Waals surface area contributed by atoms with Crippen molar-refractivity contribution in [1.82, 2.24) is 9.97 Å². The molecule has 0 radical (unpaired) electrons. The van der Waals surface area contributed by atoms with Crippen LogP contribution in [0.2, 0.25) is 0 Å². The predicted molar refractivity (Wildman–Crippen MR) is 82.9 cm³/mol. The molecule has 0 fully saturated rings. The van der Waals surface area contributed by atoms with Crippen LogP contribution in [0.15, 0.2) is 28.9 Å². The van der Waals surface area contributed by atoms with Gasteiger partial charge < -0.3 is 16.0 Å². The van der Waals surface area contributed by atoms with E-state index >= 15 is 0 Å². The Morgan fingerprint density at radius 2 is 1.95 bits per heavy atom. The molecule has 0 saturated carbocycles. The third kappa shape index (κ3) is 3.35. The zero-order valence-electron chi connectivity index (χ0n) is 11.1. The van der Waals surface area contributed by atoms with Crippen LogP contribution in [0.3, 0.4) is 0 Å². The SMILES string of the molecule is Cc1ccc(Nc2nc(N)cc(Br)n2)cc1N(C)C. The van der Waals surface area contributed by atoms with Crippen LogP contribution in [0.25, 0.3) is 0 Å². The van der Waals surface area contributed by atoms with Crippen LogP contribution in [-0.4, -0.2) is 24.1 Å². The van der Waals surface area contributed by atoms with Gasteiger partial charge in [0.05, 0.1) is 0 Å². The maximum atomic E-state index is 5.69. The van der Waals surface area contributed by atoms with E-state index in [0.717, 1.165) is 11.4 Å². The molecule has 0 amide bonds. The average Bonchev–Trinajstić information content (AvgIpc) is 2.30. The molecule has 1 aromatic carbocycles. The Kier molecular flexibility index (Phi) is 3.90. The second-order valence-electron chi connectivity index (χ2n) is 4.46. The van der Waals surface area contributed by atoms with Crippen molar-refractivity contribution in [2.24, 2.45) is 0 Å². The van der Waals surface area contributed by atoms with Gasteiger partial charge in [0, 0.05) is 31.5 Å². The number of aromatic nitrogens is 2. The molecule has 2 rings (SSSR count). The van der Waals surface area contributed by atoms with Gasteiger partial charge in [0.15, 0.2) is 0 Å². The quantitative estimate of drug-likeness (QED) is 0.851. The summed E-state index contributed by atoms with van der Waals surface area (Å²) in [6.45, 7) is 2.08. The number of nitrogens with zero attached hydrogens (tertiary/aromatic N) is 3. The minimum atomic E-state index is 0.421. The number of hydrogen-bond donors (Lipinski definition) is 2. The number of nitrogens with one attached hydrogen (secondary N) is 1. The van der Waals surface area contributed by atoms with Crippen molar-refractivity contribution in [3.63, 3.8) is 0 Å². The van der Waals surface area contributed by atoms with Gasteiger partial charge in [0.2, 0.25) is 5.95 Å². The standard InChI is InChI=1S/C13H16BrN5/c1-8-4-5-9(6-10(8)19(2)3)16-13-17-11(14)7-12(15)18-13/h4-7H,1-3H3,(H3,15,16,17,18). The minimum Gasteiger partial charge on any atom is -0.383 e. The van der Waals surface area contributed by atoms with Crippen LogP contribution in [0, 0.1) is 6.92 Å². The molecule has 3 N–H and O–H groups in total. The number of aryl methyl sites for hydroxylation is 1. The second kappa shape index (κ2) is 5.44. The summed E-state index contributed by atoms with van der Waals surface area (Å²) in [4.78, 5) is 10.4. The van der Waals surface area contributed by atoms with Gasteiger partial charge in [0.25, 0.3) is 0 Å². The Morgan fingerprint density at radius 1 is 1.21 bits per heavy atom. The summed E-state index contributed by atoms with van der Waals surface area (Å²) in [6, 6.07) is 7.75. The van der Waals surface area contributed by atoms with Crippen molar-refractivity contribution in [2.75, 3.05) is 30.0 Å². The van der Waals surface area contributed by atoms with Crippen molar-refractivity contribution in [2.45, 2.75) is 6.92 Å². The van der Waals surface area contributed by atoms with Crippen molar-refractivity contribution in [3.05, 3.63) is 34.4 Å². The lowest BCUT2D eigenvalue weighted by atomic mass is 10.1. The van der Waals surface area contributed by atoms with E-state index in [-0.39, 0.29) is 0 Å². The minimum absolute atomic E-state index is 0.421. The Hall–Kier alpha value is -1.82. The van der Waals surface area contributed by atoms with Crippen molar-refractivity contribution in [1.29, 1.82) is 0 Å². The topological polar surface area (TPSA) is 67.1 Å². The van der Waals surface area contributed by atoms with Crippen LogP contribution < -0.4 is 16.0 Å². The maximum absolute atomic E-state index is 5.69. The fourth-order valence-electron chi connectivity index (χ4n) is 1.79. The van der Waals surface area contributed by atoms with Crippen molar-refractivity contribution < 1.29 is 0 Å². The highest BCUT2D eigenvalue weighted by atomic mass is 79.9. The summed E-state index contributed by atoms with van der Waals surface area (Å²) < 4.78 is 0.655. The lowest BCUT2D eigenvalue weighted by Gasteiger charge is -2.17. The molecule has 0 saturated heterocycles. The summed E-state index contributed by atoms with van der Waals surface area (Å²) in [6.07, 6.45) is 0. The van der Waals surface area contributed by atoms with Gasteiger partial charge in [-0.25, -0.2) is 4.98 Å². The molecule has 1 aromatic heterocycles. The van der Waals surface area contributed by atoms with Gasteiger partial charge in [-0.05, 0) is 40.5 Å². The van der Waals surface area contributed by atoms with Crippen molar-refractivity contribution in [3.8, 4) is 0 Å². The third-order valence-electron chi connectivity index (χ3n) is 2.66. The summed E-state index contributed by atoms with van der Waals surface area (Å²) in [5.74, 6) is 0.893. The molecule has 19 heavy (non-hydrogen) atoms. The molecule has 0 atom stereocenters. The van der Waals surface area contributed by atoms with Gasteiger partial charge in [-0.3, -0.25) is 0 Å². The fraction of sp³-hybridized carbons (Fsp3) is 0.231. The normalized spacial score (nSPS) is 10.3. The first kappa shape index (κ1) is 13.6. The molecule has 5 nitrogen and oxygen atoms in total. The van der Waals surface area contributed by atoms with E-state index in [1.165, 1.54) is 5.56 Å². The molecule has 0 unspecified atom stereocenters. The molecular formula is C13H16BrN5. The average molecular weight is 322 g/mol. The summed E-state index contributed by atoms with van der Waals surface area (Å²) >= 11 is 3.30. The molecule has 0 aliphatic heterocycles. The maximum Gasteiger partial charge on any atom is 0.230 e. The number of nitrogen functional groups attached to an aromatic ring is 1. The molecule has 6 heteroatoms. The van der Waals surface area contributed by atoms with E-state index < -0.39 is 0 Å². The molecule has 0 spiro atoms. The number of halogens is 1. The Bertz CT molecular complexity index is 577. The highest BCUT2D eigenvalue weighted by molar-refractivity contribution is 9.10. The zero-order valence-corrected chi connectivity index (χ0v) is 12.7. The van der Waals surface area contributed by atoms with E-state index in [4.69, 9.17) is 5.73 Å². The first-order valence-corrected chi connectivity index (χ1v) is 6.60. The lowest BCUT2D eigenvalue weighted by molar-refractivity contribution is 1.11. The van der Waals surface area contributed by atoms with E-state index in [0.29, 0.717) is 16.4 Å². The first-order valence-electron chi connectivity index (χ1n) is 5.81. The zero-order chi connectivity index (χ0) is 14.0. The highest BCUT2D eigenvalue weighted by Crippen LogP contribution is 2.24. The predicted octanol–water partition coefficient (Wildman–Crippen LogP) is 2.94. The Balaban J connectivity index is 2.30. The van der Waals surface area contributed by atoms with Crippen LogP contribution in [0.5, 0.6) is 0 Å². The lowest BCUT2D eigenvalue weighted by Crippen LogP contribution is -2.10. The van der Waals surface area contributed by atoms with Gasteiger partial charge in [-0.15, -0.1) is 0 Å². The third-order valence-corrected chi connectivity index (χ3v) is 3.07. The van der Waals surface area contributed by atoms with Crippen LogP contribution in [0.4, 0.5) is 23.1 Å². The first-order chi connectivity index (χ1) is 8.95. The largest absolute Gasteiger partial charge is 0.383 e. The van der Waals surface area contributed by atoms with Crippen LogP contribution >= 0.6 is 15.9 Å². The Labute approximate surface area is 121 Å². The van der Waals surface area contributed by atoms with Crippen molar-refractivity contribution >= 4 is 39.1 Å². The number of hydrogen-bond acceptors (Lipinski definition) is 5. The van der Waals surface area contributed by atoms with Crippen LogP contribution in [0.1, 0.15) is 5.56 Å². The van der Waals surface area contributed by atoms with E-state index in [9.17, 15) is 0 Å². The number of rotatable bonds is 3.